The van der Waals surface area contributed by atoms with Crippen LogP contribution in [0.2, 0.25) is 0 Å². The first-order valence-corrected chi connectivity index (χ1v) is 5.17. The molecule has 0 aliphatic heterocycles. The number of rotatable bonds is 8. The molecule has 4 nitrogen and oxygen atoms in total. The van der Waals surface area contributed by atoms with E-state index in [1.54, 1.807) is 6.92 Å². The van der Waals surface area contributed by atoms with Crippen LogP contribution in [0.3, 0.4) is 0 Å². The Kier molecular flexibility index (Phi) is 6.92. The van der Waals surface area contributed by atoms with Crippen molar-refractivity contribution in [2.24, 2.45) is 5.92 Å². The van der Waals surface area contributed by atoms with Crippen LogP contribution in [0, 0.1) is 5.92 Å². The van der Waals surface area contributed by atoms with Crippen molar-refractivity contribution in [3.8, 4) is 0 Å². The first-order chi connectivity index (χ1) is 7.47. The molecular weight excluding hydrogens is 206 g/mol. The Labute approximate surface area is 96.4 Å². The van der Waals surface area contributed by atoms with Crippen LogP contribution in [0.25, 0.3) is 0 Å². The maximum absolute atomic E-state index is 11.2. The molecule has 4 heteroatoms. The summed E-state index contributed by atoms with van der Waals surface area (Å²) in [6, 6.07) is 0. The van der Waals surface area contributed by atoms with Gasteiger partial charge in [-0.15, -0.1) is 6.58 Å². The van der Waals surface area contributed by atoms with Crippen LogP contribution >= 0.6 is 0 Å². The molecule has 0 spiro atoms. The second kappa shape index (κ2) is 7.68. The minimum Gasteiger partial charge on any atom is -0.444 e. The fourth-order valence-corrected chi connectivity index (χ4v) is 0.852. The van der Waals surface area contributed by atoms with E-state index in [1.807, 2.05) is 0 Å². The first kappa shape index (κ1) is 14.4. The van der Waals surface area contributed by atoms with Crippen LogP contribution in [-0.4, -0.2) is 18.5 Å². The molecule has 0 heterocycles. The molecule has 0 saturated heterocycles. The lowest BCUT2D eigenvalue weighted by Gasteiger charge is -2.11. The van der Waals surface area contributed by atoms with E-state index in [-0.39, 0.29) is 24.4 Å². The topological polar surface area (TPSA) is 55.4 Å². The molecular formula is C12H19NO3. The van der Waals surface area contributed by atoms with E-state index in [0.29, 0.717) is 18.5 Å². The molecule has 0 aromatic carbocycles. The van der Waals surface area contributed by atoms with Gasteiger partial charge in [-0.25, -0.2) is 0 Å². The second-order valence-electron chi connectivity index (χ2n) is 3.61. The van der Waals surface area contributed by atoms with Crippen molar-refractivity contribution in [1.29, 1.82) is 0 Å². The summed E-state index contributed by atoms with van der Waals surface area (Å²) in [5.74, 6) is -0.533. The zero-order valence-corrected chi connectivity index (χ0v) is 9.91. The van der Waals surface area contributed by atoms with Gasteiger partial charge in [-0.3, -0.25) is 4.79 Å². The van der Waals surface area contributed by atoms with Crippen molar-refractivity contribution < 1.29 is 14.3 Å². The highest BCUT2D eigenvalue weighted by Gasteiger charge is 2.09. The summed E-state index contributed by atoms with van der Waals surface area (Å²) >= 11 is 0. The Hall–Kier alpha value is -1.58. The molecule has 1 atom stereocenters. The summed E-state index contributed by atoms with van der Waals surface area (Å²) in [6.07, 6.45) is 2.53. The van der Waals surface area contributed by atoms with Gasteiger partial charge in [-0.2, -0.15) is 0 Å². The number of Topliss-reactive ketones (excluding diaryl/α,β-unsaturated/α-hetero) is 1. The minimum absolute atomic E-state index is 0.0771. The molecule has 0 bridgehead atoms. The molecule has 0 amide bonds. The van der Waals surface area contributed by atoms with Crippen molar-refractivity contribution in [3.63, 3.8) is 0 Å². The molecule has 0 rings (SSSR count). The van der Waals surface area contributed by atoms with Gasteiger partial charge in [0.2, 0.25) is 0 Å². The summed E-state index contributed by atoms with van der Waals surface area (Å²) in [5, 5.41) is 2.82. The molecule has 1 N–H and O–H groups in total. The quantitative estimate of drug-likeness (QED) is 0.388. The summed E-state index contributed by atoms with van der Waals surface area (Å²) in [7, 11) is 0. The van der Waals surface area contributed by atoms with Crippen molar-refractivity contribution >= 4 is 11.8 Å². The Morgan fingerprint density at radius 3 is 2.56 bits per heavy atom. The third kappa shape index (κ3) is 6.81. The van der Waals surface area contributed by atoms with Crippen LogP contribution in [0.15, 0.2) is 24.9 Å². The van der Waals surface area contributed by atoms with Crippen LogP contribution in [0.4, 0.5) is 0 Å². The molecule has 16 heavy (non-hydrogen) atoms. The van der Waals surface area contributed by atoms with Gasteiger partial charge in [0.05, 0.1) is 5.92 Å². The highest BCUT2D eigenvalue weighted by Crippen LogP contribution is 2.01. The monoisotopic (exact) mass is 225 g/mol. The third-order valence-corrected chi connectivity index (χ3v) is 2.04. The number of hydrogen-bond acceptors (Lipinski definition) is 4. The predicted octanol–water partition coefficient (Wildman–Crippen LogP) is 1.78. The Morgan fingerprint density at radius 1 is 1.44 bits per heavy atom. The van der Waals surface area contributed by atoms with E-state index in [4.69, 9.17) is 4.74 Å². The highest BCUT2D eigenvalue weighted by molar-refractivity contribution is 5.75. The number of ether oxygens (including phenoxy) is 1. The second-order valence-corrected chi connectivity index (χ2v) is 3.61. The molecule has 90 valence electrons. The van der Waals surface area contributed by atoms with E-state index < -0.39 is 0 Å². The minimum atomic E-state index is -0.332. The van der Waals surface area contributed by atoms with Crippen LogP contribution in [0.1, 0.15) is 26.7 Å². The van der Waals surface area contributed by atoms with Gasteiger partial charge in [-0.1, -0.05) is 12.7 Å². The molecule has 0 saturated carbocycles. The number of carbonyl (C=O) groups is 2. The van der Waals surface area contributed by atoms with Crippen molar-refractivity contribution in [3.05, 3.63) is 24.9 Å². The lowest BCUT2D eigenvalue weighted by Crippen LogP contribution is -2.22. The van der Waals surface area contributed by atoms with E-state index in [1.165, 1.54) is 13.0 Å². The fraction of sp³-hybridized carbons (Fsp3) is 0.500. The van der Waals surface area contributed by atoms with E-state index >= 15 is 0 Å². The van der Waals surface area contributed by atoms with Gasteiger partial charge < -0.3 is 14.8 Å². The Morgan fingerprint density at radius 2 is 2.06 bits per heavy atom. The maximum Gasteiger partial charge on any atom is 0.314 e. The summed E-state index contributed by atoms with van der Waals surface area (Å²) in [5.41, 5.74) is 0.689. The summed E-state index contributed by atoms with van der Waals surface area (Å²) in [6.45, 7) is 10.5. The predicted molar refractivity (Wildman–Crippen MR) is 62.5 cm³/mol. The molecule has 0 aliphatic carbocycles. The van der Waals surface area contributed by atoms with Crippen LogP contribution < -0.4 is 5.32 Å². The van der Waals surface area contributed by atoms with Crippen molar-refractivity contribution in [2.75, 3.05) is 6.73 Å². The molecule has 0 fully saturated rings. The first-order valence-electron chi connectivity index (χ1n) is 5.17. The van der Waals surface area contributed by atoms with Gasteiger partial charge in [-0.05, 0) is 20.3 Å². The SMILES string of the molecule is C=CC(C)C(=O)OCNC(=C)CCC(C)=O. The van der Waals surface area contributed by atoms with Gasteiger partial charge >= 0.3 is 5.97 Å². The van der Waals surface area contributed by atoms with Gasteiger partial charge in [0.15, 0.2) is 6.73 Å². The number of hydrogen-bond donors (Lipinski definition) is 1. The highest BCUT2D eigenvalue weighted by atomic mass is 16.5. The third-order valence-electron chi connectivity index (χ3n) is 2.04. The molecule has 0 aromatic rings. The van der Waals surface area contributed by atoms with Crippen LogP contribution in [-0.2, 0) is 14.3 Å². The molecule has 0 aliphatic rings. The normalized spacial score (nSPS) is 11.4. The molecule has 0 radical (unpaired) electrons. The average Bonchev–Trinajstić information content (AvgIpc) is 2.24. The lowest BCUT2D eigenvalue weighted by atomic mass is 10.2. The van der Waals surface area contributed by atoms with Gasteiger partial charge in [0.1, 0.15) is 5.78 Å². The van der Waals surface area contributed by atoms with E-state index in [0.717, 1.165) is 0 Å². The number of ketones is 1. The molecule has 0 aromatic heterocycles. The average molecular weight is 225 g/mol. The standard InChI is InChI=1S/C12H19NO3/c1-5-9(2)12(15)16-8-13-10(3)6-7-11(4)14/h5,9,13H,1,3,6-8H2,2,4H3. The smallest absolute Gasteiger partial charge is 0.314 e. The number of carbonyl (C=O) groups excluding carboxylic acids is 2. The zero-order valence-electron chi connectivity index (χ0n) is 9.91. The van der Waals surface area contributed by atoms with E-state index in [9.17, 15) is 9.59 Å². The lowest BCUT2D eigenvalue weighted by molar-refractivity contribution is -0.146. The molecule has 1 unspecified atom stereocenters. The zero-order chi connectivity index (χ0) is 12.6. The number of allylic oxidation sites excluding steroid dienone is 1. The van der Waals surface area contributed by atoms with Gasteiger partial charge in [0.25, 0.3) is 0 Å². The van der Waals surface area contributed by atoms with Crippen molar-refractivity contribution in [2.45, 2.75) is 26.7 Å². The summed E-state index contributed by atoms with van der Waals surface area (Å²) < 4.78 is 4.91. The van der Waals surface area contributed by atoms with Crippen LogP contribution in [0.5, 0.6) is 0 Å². The Bertz CT molecular complexity index is 284. The van der Waals surface area contributed by atoms with Gasteiger partial charge in [0, 0.05) is 12.1 Å². The summed E-state index contributed by atoms with van der Waals surface area (Å²) in [4.78, 5) is 21.9. The number of nitrogens with one attached hydrogen (secondary N) is 1. The van der Waals surface area contributed by atoms with Crippen molar-refractivity contribution in [1.82, 2.24) is 5.32 Å². The fourth-order valence-electron chi connectivity index (χ4n) is 0.852. The maximum atomic E-state index is 11.2. The number of esters is 1. The van der Waals surface area contributed by atoms with E-state index in [2.05, 4.69) is 18.5 Å². The largest absolute Gasteiger partial charge is 0.444 e. The Balaban J connectivity index is 3.65.